The van der Waals surface area contributed by atoms with Crippen LogP contribution in [0.3, 0.4) is 0 Å². The fourth-order valence-electron chi connectivity index (χ4n) is 7.21. The van der Waals surface area contributed by atoms with Crippen molar-refractivity contribution in [3.8, 4) is 0 Å². The van der Waals surface area contributed by atoms with E-state index in [0.29, 0.717) is 28.9 Å². The van der Waals surface area contributed by atoms with E-state index in [4.69, 9.17) is 0 Å². The Bertz CT molecular complexity index is 1230. The molecule has 0 saturated heterocycles. The molecule has 5 atom stereocenters. The van der Waals surface area contributed by atoms with Crippen LogP contribution in [0.1, 0.15) is 76.8 Å². The van der Waals surface area contributed by atoms with Gasteiger partial charge < -0.3 is 5.11 Å². The third kappa shape index (κ3) is 3.63. The number of fused-ring (bicyclic) bond motifs is 5. The summed E-state index contributed by atoms with van der Waals surface area (Å²) in [6.45, 7) is 2.29. The SMILES string of the molecule is C[C@]12CC[C@@H]3c4ccc(C(=O)O)cc4CC[C@H]3[C@@H]1CC[C@@H]2C(=O)c1ccc(S(C)(=O)=O)cc1. The second-order valence-corrected chi connectivity index (χ2v) is 12.5. The molecule has 5 rings (SSSR count). The summed E-state index contributed by atoms with van der Waals surface area (Å²) in [6, 6.07) is 12.0. The Morgan fingerprint density at radius 3 is 2.33 bits per heavy atom. The van der Waals surface area contributed by atoms with Crippen molar-refractivity contribution in [1.82, 2.24) is 0 Å². The smallest absolute Gasteiger partial charge is 0.335 e. The molecule has 2 fully saturated rings. The van der Waals surface area contributed by atoms with Crippen LogP contribution in [-0.2, 0) is 16.3 Å². The van der Waals surface area contributed by atoms with Gasteiger partial charge >= 0.3 is 5.97 Å². The number of carbonyl (C=O) groups excluding carboxylic acids is 1. The van der Waals surface area contributed by atoms with E-state index in [-0.39, 0.29) is 22.0 Å². The molecular weight excluding hydrogens is 436 g/mol. The average Bonchev–Trinajstić information content (AvgIpc) is 3.14. The van der Waals surface area contributed by atoms with Gasteiger partial charge in [0, 0.05) is 17.7 Å². The highest BCUT2D eigenvalue weighted by Crippen LogP contribution is 2.63. The number of carbonyl (C=O) groups is 2. The fourth-order valence-corrected chi connectivity index (χ4v) is 7.84. The highest BCUT2D eigenvalue weighted by molar-refractivity contribution is 7.90. The Labute approximate surface area is 195 Å². The number of sulfone groups is 1. The lowest BCUT2D eigenvalue weighted by molar-refractivity contribution is 0.0276. The van der Waals surface area contributed by atoms with E-state index in [0.717, 1.165) is 38.5 Å². The largest absolute Gasteiger partial charge is 0.478 e. The molecule has 0 amide bonds. The summed E-state index contributed by atoms with van der Waals surface area (Å²) in [5, 5.41) is 9.34. The van der Waals surface area contributed by atoms with E-state index in [9.17, 15) is 23.1 Å². The predicted molar refractivity (Wildman–Crippen MR) is 125 cm³/mol. The molecule has 174 valence electrons. The quantitative estimate of drug-likeness (QED) is 0.630. The third-order valence-electron chi connectivity index (χ3n) is 8.86. The van der Waals surface area contributed by atoms with Gasteiger partial charge in [-0.1, -0.05) is 25.1 Å². The maximum absolute atomic E-state index is 13.5. The molecule has 0 aliphatic heterocycles. The van der Waals surface area contributed by atoms with Gasteiger partial charge in [0.2, 0.25) is 0 Å². The van der Waals surface area contributed by atoms with Gasteiger partial charge in [-0.2, -0.15) is 0 Å². The fraction of sp³-hybridized carbons (Fsp3) is 0.481. The van der Waals surface area contributed by atoms with Crippen LogP contribution in [0, 0.1) is 23.2 Å². The lowest BCUT2D eigenvalue weighted by Crippen LogP contribution is -2.44. The number of carboxylic acids is 1. The van der Waals surface area contributed by atoms with Gasteiger partial charge in [0.15, 0.2) is 15.6 Å². The molecule has 33 heavy (non-hydrogen) atoms. The average molecular weight is 467 g/mol. The van der Waals surface area contributed by atoms with Crippen molar-refractivity contribution < 1.29 is 23.1 Å². The molecule has 0 radical (unpaired) electrons. The van der Waals surface area contributed by atoms with Gasteiger partial charge in [0.25, 0.3) is 0 Å². The van der Waals surface area contributed by atoms with Gasteiger partial charge in [-0.3, -0.25) is 4.79 Å². The van der Waals surface area contributed by atoms with Gasteiger partial charge in [-0.15, -0.1) is 0 Å². The lowest BCUT2D eigenvalue weighted by atomic mass is 9.53. The van der Waals surface area contributed by atoms with E-state index in [1.807, 2.05) is 12.1 Å². The Balaban J connectivity index is 1.39. The second kappa shape index (κ2) is 7.79. The molecule has 3 aliphatic rings. The van der Waals surface area contributed by atoms with Crippen molar-refractivity contribution in [3.05, 3.63) is 64.7 Å². The van der Waals surface area contributed by atoms with Crippen molar-refractivity contribution >= 4 is 21.6 Å². The molecule has 0 heterocycles. The Morgan fingerprint density at radius 2 is 1.67 bits per heavy atom. The van der Waals surface area contributed by atoms with Crippen LogP contribution in [0.15, 0.2) is 47.4 Å². The zero-order valence-corrected chi connectivity index (χ0v) is 19.9. The van der Waals surface area contributed by atoms with Gasteiger partial charge in [0.1, 0.15) is 0 Å². The van der Waals surface area contributed by atoms with E-state index in [1.54, 1.807) is 18.2 Å². The van der Waals surface area contributed by atoms with Crippen LogP contribution in [0.25, 0.3) is 0 Å². The summed E-state index contributed by atoms with van der Waals surface area (Å²) in [7, 11) is -3.28. The number of hydrogen-bond donors (Lipinski definition) is 1. The third-order valence-corrected chi connectivity index (χ3v) is 9.99. The molecule has 2 saturated carbocycles. The number of aryl methyl sites for hydroxylation is 1. The van der Waals surface area contributed by atoms with Crippen LogP contribution in [-0.4, -0.2) is 31.5 Å². The maximum Gasteiger partial charge on any atom is 0.335 e. The molecule has 0 unspecified atom stereocenters. The van der Waals surface area contributed by atoms with E-state index in [1.165, 1.54) is 29.5 Å². The van der Waals surface area contributed by atoms with E-state index in [2.05, 4.69) is 6.92 Å². The van der Waals surface area contributed by atoms with Crippen molar-refractivity contribution in [2.24, 2.45) is 23.2 Å². The van der Waals surface area contributed by atoms with Gasteiger partial charge in [0.05, 0.1) is 10.5 Å². The first-order valence-electron chi connectivity index (χ1n) is 11.8. The van der Waals surface area contributed by atoms with Crippen molar-refractivity contribution in [2.75, 3.05) is 6.26 Å². The van der Waals surface area contributed by atoms with Crippen LogP contribution >= 0.6 is 0 Å². The molecule has 0 bridgehead atoms. The summed E-state index contributed by atoms with van der Waals surface area (Å²) in [5.41, 5.74) is 3.40. The van der Waals surface area contributed by atoms with Crippen LogP contribution in [0.5, 0.6) is 0 Å². The first-order valence-corrected chi connectivity index (χ1v) is 13.7. The number of rotatable bonds is 4. The van der Waals surface area contributed by atoms with Crippen molar-refractivity contribution in [1.29, 1.82) is 0 Å². The molecule has 0 aromatic heterocycles. The molecule has 3 aliphatic carbocycles. The summed E-state index contributed by atoms with van der Waals surface area (Å²) >= 11 is 0. The zero-order chi connectivity index (χ0) is 23.5. The molecule has 2 aromatic rings. The normalized spacial score (nSPS) is 30.7. The minimum atomic E-state index is -3.28. The minimum absolute atomic E-state index is 0.0386. The summed E-state index contributed by atoms with van der Waals surface area (Å²) in [4.78, 5) is 25.1. The minimum Gasteiger partial charge on any atom is -0.478 e. The van der Waals surface area contributed by atoms with Crippen LogP contribution < -0.4 is 0 Å². The number of Topliss-reactive ketones (excluding diaryl/α,β-unsaturated/α-hetero) is 1. The van der Waals surface area contributed by atoms with E-state index < -0.39 is 15.8 Å². The number of ketones is 1. The monoisotopic (exact) mass is 466 g/mol. The van der Waals surface area contributed by atoms with Gasteiger partial charge in [-0.25, -0.2) is 13.2 Å². The molecule has 1 N–H and O–H groups in total. The van der Waals surface area contributed by atoms with Crippen molar-refractivity contribution in [3.63, 3.8) is 0 Å². The zero-order valence-electron chi connectivity index (χ0n) is 19.1. The molecule has 2 aromatic carbocycles. The van der Waals surface area contributed by atoms with E-state index >= 15 is 0 Å². The standard InChI is InChI=1S/C27H30O5S/c1-27-14-13-21-20-9-6-18(26(29)30)15-17(20)5-10-22(21)23(27)11-12-24(27)25(28)16-3-7-19(8-4-16)33(2,31)32/h3-4,6-9,15,21-24H,5,10-14H2,1-2H3,(H,29,30)/t21-,22-,23+,24-,27+/m1/s1. The topological polar surface area (TPSA) is 88.5 Å². The Hall–Kier alpha value is -2.47. The lowest BCUT2D eigenvalue weighted by Gasteiger charge is -2.50. The number of hydrogen-bond acceptors (Lipinski definition) is 4. The predicted octanol–water partition coefficient (Wildman–Crippen LogP) is 5.14. The molecule has 5 nitrogen and oxygen atoms in total. The molecule has 0 spiro atoms. The number of aromatic carboxylic acids is 1. The van der Waals surface area contributed by atoms with Crippen LogP contribution in [0.2, 0.25) is 0 Å². The number of carboxylic acid groups (broad SMARTS) is 1. The molecular formula is C27H30O5S. The van der Waals surface area contributed by atoms with Crippen LogP contribution in [0.4, 0.5) is 0 Å². The maximum atomic E-state index is 13.5. The number of benzene rings is 2. The summed E-state index contributed by atoms with van der Waals surface area (Å²) in [5.74, 6) is 0.671. The Morgan fingerprint density at radius 1 is 0.970 bits per heavy atom. The van der Waals surface area contributed by atoms with Crippen molar-refractivity contribution in [2.45, 2.75) is 56.3 Å². The van der Waals surface area contributed by atoms with Gasteiger partial charge in [-0.05, 0) is 97.1 Å². The highest BCUT2D eigenvalue weighted by atomic mass is 32.2. The molecule has 6 heteroatoms. The Kier molecular flexibility index (Phi) is 5.27. The first-order chi connectivity index (χ1) is 15.6. The first kappa shape index (κ1) is 22.3. The highest BCUT2D eigenvalue weighted by Gasteiger charge is 2.56. The summed E-state index contributed by atoms with van der Waals surface area (Å²) in [6.07, 6.45) is 7.04. The second-order valence-electron chi connectivity index (χ2n) is 10.5. The summed E-state index contributed by atoms with van der Waals surface area (Å²) < 4.78 is 23.5.